The fourth-order valence-corrected chi connectivity index (χ4v) is 5.63. The van der Waals surface area contributed by atoms with Crippen LogP contribution in [0.4, 0.5) is 5.69 Å². The molecule has 0 aliphatic rings. The molecule has 196 valence electrons. The predicted molar refractivity (Wildman–Crippen MR) is 151 cm³/mol. The van der Waals surface area contributed by atoms with Gasteiger partial charge >= 0.3 is 0 Å². The largest absolute Gasteiger partial charge is 0.492 e. The summed E-state index contributed by atoms with van der Waals surface area (Å²) in [5.74, 6) is -0.109. The van der Waals surface area contributed by atoms with Crippen molar-refractivity contribution in [3.63, 3.8) is 0 Å². The van der Waals surface area contributed by atoms with E-state index in [2.05, 4.69) is 5.32 Å². The van der Waals surface area contributed by atoms with Gasteiger partial charge in [-0.1, -0.05) is 83.9 Å². The van der Waals surface area contributed by atoms with Crippen LogP contribution in [0.3, 0.4) is 0 Å². The number of nitrogens with one attached hydrogen (secondary N) is 1. The number of carbonyl (C=O) groups is 1. The van der Waals surface area contributed by atoms with Gasteiger partial charge in [-0.05, 0) is 61.4 Å². The number of hydrogen-bond acceptors (Lipinski definition) is 4. The molecule has 0 aliphatic carbocycles. The third kappa shape index (κ3) is 6.36. The summed E-state index contributed by atoms with van der Waals surface area (Å²) in [6.07, 6.45) is 0. The molecule has 38 heavy (non-hydrogen) atoms. The van der Waals surface area contributed by atoms with Crippen molar-refractivity contribution in [2.24, 2.45) is 0 Å². The normalized spacial score (nSPS) is 12.0. The van der Waals surface area contributed by atoms with Crippen LogP contribution in [0, 0.1) is 6.92 Å². The van der Waals surface area contributed by atoms with Gasteiger partial charge in [0.05, 0.1) is 23.2 Å². The molecule has 0 saturated heterocycles. The van der Waals surface area contributed by atoms with Crippen LogP contribution in [-0.2, 0) is 14.8 Å². The summed E-state index contributed by atoms with van der Waals surface area (Å²) < 4.78 is 34.5. The number of halogens is 1. The molecule has 1 unspecified atom stereocenters. The molecule has 0 aliphatic heterocycles. The number of carbonyl (C=O) groups excluding carboxylic acids is 1. The van der Waals surface area contributed by atoms with Crippen molar-refractivity contribution >= 4 is 33.2 Å². The Morgan fingerprint density at radius 3 is 2.13 bits per heavy atom. The molecule has 0 radical (unpaired) electrons. The molecule has 0 fully saturated rings. The minimum Gasteiger partial charge on any atom is -0.492 e. The van der Waals surface area contributed by atoms with Gasteiger partial charge in [0, 0.05) is 5.02 Å². The van der Waals surface area contributed by atoms with Crippen LogP contribution < -0.4 is 14.4 Å². The van der Waals surface area contributed by atoms with Crippen molar-refractivity contribution in [1.82, 2.24) is 5.32 Å². The number of benzene rings is 4. The lowest BCUT2D eigenvalue weighted by Crippen LogP contribution is -2.42. The summed E-state index contributed by atoms with van der Waals surface area (Å²) in [4.78, 5) is 13.6. The number of aryl methyl sites for hydroxylation is 1. The first kappa shape index (κ1) is 27.2. The van der Waals surface area contributed by atoms with E-state index in [1.54, 1.807) is 24.3 Å². The smallest absolute Gasteiger partial charge is 0.264 e. The Morgan fingerprint density at radius 1 is 0.868 bits per heavy atom. The maximum atomic E-state index is 13.8. The van der Waals surface area contributed by atoms with Gasteiger partial charge in [0.1, 0.15) is 12.3 Å². The standard InChI is InChI=1S/C30H29ClN2O4S/c1-3-37-28-12-8-7-11-27(28)33(38(35,36)26-19-17-25(31)18-20-26)21-29(34)32-30(23-9-5-4-6-10-23)24-15-13-22(2)14-16-24/h4-20,30H,3,21H2,1-2H3,(H,32,34). The first-order valence-electron chi connectivity index (χ1n) is 12.2. The van der Waals surface area contributed by atoms with Crippen LogP contribution in [-0.4, -0.2) is 27.5 Å². The van der Waals surface area contributed by atoms with E-state index in [1.807, 2.05) is 68.4 Å². The fourth-order valence-electron chi connectivity index (χ4n) is 4.07. The first-order chi connectivity index (χ1) is 18.3. The summed E-state index contributed by atoms with van der Waals surface area (Å²) in [7, 11) is -4.14. The molecule has 0 heterocycles. The van der Waals surface area contributed by atoms with E-state index in [9.17, 15) is 13.2 Å². The van der Waals surface area contributed by atoms with Crippen LogP contribution in [0.5, 0.6) is 5.75 Å². The van der Waals surface area contributed by atoms with Crippen molar-refractivity contribution in [2.75, 3.05) is 17.5 Å². The molecule has 1 N–H and O–H groups in total. The summed E-state index contributed by atoms with van der Waals surface area (Å²) in [5.41, 5.74) is 3.13. The molecule has 4 aromatic carbocycles. The first-order valence-corrected chi connectivity index (χ1v) is 14.0. The van der Waals surface area contributed by atoms with Crippen molar-refractivity contribution in [1.29, 1.82) is 0 Å². The van der Waals surface area contributed by atoms with Gasteiger partial charge < -0.3 is 10.1 Å². The van der Waals surface area contributed by atoms with E-state index < -0.39 is 28.5 Å². The Morgan fingerprint density at radius 2 is 1.47 bits per heavy atom. The van der Waals surface area contributed by atoms with E-state index in [0.717, 1.165) is 21.0 Å². The molecule has 4 rings (SSSR count). The number of para-hydroxylation sites is 2. The Kier molecular flexibility index (Phi) is 8.71. The number of ether oxygens (including phenoxy) is 1. The Balaban J connectivity index is 1.72. The van der Waals surface area contributed by atoms with Crippen LogP contribution >= 0.6 is 11.6 Å². The molecule has 8 heteroatoms. The lowest BCUT2D eigenvalue weighted by molar-refractivity contribution is -0.120. The number of hydrogen-bond donors (Lipinski definition) is 1. The third-order valence-corrected chi connectivity index (χ3v) is 8.00. The van der Waals surface area contributed by atoms with Gasteiger partial charge in [0.2, 0.25) is 5.91 Å². The van der Waals surface area contributed by atoms with Gasteiger partial charge in [-0.3, -0.25) is 9.10 Å². The van der Waals surface area contributed by atoms with Crippen LogP contribution in [0.25, 0.3) is 0 Å². The quantitative estimate of drug-likeness (QED) is 0.258. The van der Waals surface area contributed by atoms with Gasteiger partial charge in [-0.2, -0.15) is 0 Å². The van der Waals surface area contributed by atoms with E-state index in [4.69, 9.17) is 16.3 Å². The molecule has 0 saturated carbocycles. The molecule has 0 spiro atoms. The summed E-state index contributed by atoms with van der Waals surface area (Å²) in [5, 5.41) is 3.46. The molecular weight excluding hydrogens is 520 g/mol. The highest BCUT2D eigenvalue weighted by atomic mass is 35.5. The molecular formula is C30H29ClN2O4S. The lowest BCUT2D eigenvalue weighted by atomic mass is 9.98. The topological polar surface area (TPSA) is 75.7 Å². The van der Waals surface area contributed by atoms with Gasteiger partial charge in [0.25, 0.3) is 10.0 Å². The number of sulfonamides is 1. The van der Waals surface area contributed by atoms with Crippen LogP contribution in [0.1, 0.15) is 29.7 Å². The maximum absolute atomic E-state index is 13.8. The van der Waals surface area contributed by atoms with Gasteiger partial charge in [-0.25, -0.2) is 8.42 Å². The highest BCUT2D eigenvalue weighted by Crippen LogP contribution is 2.33. The van der Waals surface area contributed by atoms with Crippen molar-refractivity contribution in [2.45, 2.75) is 24.8 Å². The van der Waals surface area contributed by atoms with E-state index in [0.29, 0.717) is 17.4 Å². The van der Waals surface area contributed by atoms with Crippen LogP contribution in [0.15, 0.2) is 108 Å². The van der Waals surface area contributed by atoms with Gasteiger partial charge in [-0.15, -0.1) is 0 Å². The second-order valence-electron chi connectivity index (χ2n) is 8.69. The SMILES string of the molecule is CCOc1ccccc1N(CC(=O)NC(c1ccccc1)c1ccc(C)cc1)S(=O)(=O)c1ccc(Cl)cc1. The molecule has 1 atom stereocenters. The lowest BCUT2D eigenvalue weighted by Gasteiger charge is -2.27. The molecule has 6 nitrogen and oxygen atoms in total. The van der Waals surface area contributed by atoms with Gasteiger partial charge in [0.15, 0.2) is 0 Å². The monoisotopic (exact) mass is 548 g/mol. The zero-order chi connectivity index (χ0) is 27.1. The van der Waals surface area contributed by atoms with E-state index >= 15 is 0 Å². The maximum Gasteiger partial charge on any atom is 0.264 e. The summed E-state index contributed by atoms with van der Waals surface area (Å²) in [6.45, 7) is 3.69. The molecule has 0 bridgehead atoms. The average molecular weight is 549 g/mol. The zero-order valence-electron chi connectivity index (χ0n) is 21.2. The molecule has 1 amide bonds. The average Bonchev–Trinajstić information content (AvgIpc) is 2.92. The highest BCUT2D eigenvalue weighted by Gasteiger charge is 2.30. The Hall–Kier alpha value is -3.81. The molecule has 4 aromatic rings. The fraction of sp³-hybridized carbons (Fsp3) is 0.167. The second-order valence-corrected chi connectivity index (χ2v) is 11.0. The third-order valence-electron chi connectivity index (χ3n) is 5.97. The minimum absolute atomic E-state index is 0.0131. The van der Waals surface area contributed by atoms with E-state index in [1.165, 1.54) is 24.3 Å². The summed E-state index contributed by atoms with van der Waals surface area (Å²) in [6, 6.07) is 29.6. The van der Waals surface area contributed by atoms with Crippen molar-refractivity contribution in [3.05, 3.63) is 125 Å². The zero-order valence-corrected chi connectivity index (χ0v) is 22.7. The van der Waals surface area contributed by atoms with E-state index in [-0.39, 0.29) is 10.6 Å². The summed E-state index contributed by atoms with van der Waals surface area (Å²) >= 11 is 6.00. The number of nitrogens with zero attached hydrogens (tertiary/aromatic N) is 1. The Labute approximate surface area is 228 Å². The van der Waals surface area contributed by atoms with Crippen molar-refractivity contribution < 1.29 is 17.9 Å². The van der Waals surface area contributed by atoms with Crippen LogP contribution in [0.2, 0.25) is 5.02 Å². The number of anilines is 1. The number of rotatable bonds is 10. The highest BCUT2D eigenvalue weighted by molar-refractivity contribution is 7.92. The predicted octanol–water partition coefficient (Wildman–Crippen LogP) is 6.15. The minimum atomic E-state index is -4.14. The number of amides is 1. The van der Waals surface area contributed by atoms with Crippen molar-refractivity contribution in [3.8, 4) is 5.75 Å². The Bertz CT molecular complexity index is 1480. The second kappa shape index (κ2) is 12.2. The molecule has 0 aromatic heterocycles.